The zero-order valence-corrected chi connectivity index (χ0v) is 9.54. The van der Waals surface area contributed by atoms with Crippen LogP contribution < -0.4 is 0 Å². The van der Waals surface area contributed by atoms with Gasteiger partial charge in [-0.2, -0.15) is 0 Å². The molecule has 0 aliphatic heterocycles. The van der Waals surface area contributed by atoms with Gasteiger partial charge in [-0.1, -0.05) is 20.8 Å². The largest absolute Gasteiger partial charge is 0.388 e. The molecule has 3 atom stereocenters. The minimum absolute atomic E-state index is 0.542. The summed E-state index contributed by atoms with van der Waals surface area (Å²) in [7, 11) is -1.08. The number of rotatable bonds is 6. The summed E-state index contributed by atoms with van der Waals surface area (Å²) in [5.74, 6) is -1.63. The first-order valence-electron chi connectivity index (χ1n) is 4.90. The first-order chi connectivity index (χ1) is 6.08. The van der Waals surface area contributed by atoms with E-state index in [1.54, 1.807) is 0 Å². The van der Waals surface area contributed by atoms with E-state index in [-0.39, 0.29) is 0 Å². The Morgan fingerprint density at radius 3 is 1.15 bits per heavy atom. The van der Waals surface area contributed by atoms with Crippen LogP contribution in [0.25, 0.3) is 0 Å². The van der Waals surface area contributed by atoms with Gasteiger partial charge in [0.2, 0.25) is 0 Å². The highest BCUT2D eigenvalue weighted by atomic mass is 31.1. The van der Waals surface area contributed by atoms with Crippen molar-refractivity contribution in [3.05, 3.63) is 0 Å². The highest BCUT2D eigenvalue weighted by Crippen LogP contribution is 2.51. The second kappa shape index (κ2) is 6.72. The Hall–Kier alpha value is 0.310. The van der Waals surface area contributed by atoms with Gasteiger partial charge in [-0.25, -0.2) is 0 Å². The zero-order valence-electron chi connectivity index (χ0n) is 8.64. The van der Waals surface area contributed by atoms with Crippen LogP contribution in [0.1, 0.15) is 40.0 Å². The van der Waals surface area contributed by atoms with E-state index < -0.39 is 25.5 Å². The fourth-order valence-corrected chi connectivity index (χ4v) is 3.69. The molecule has 0 spiro atoms. The van der Waals surface area contributed by atoms with Crippen LogP contribution in [0, 0.1) is 0 Å². The summed E-state index contributed by atoms with van der Waals surface area (Å²) in [6, 6.07) is 0. The molecule has 0 aromatic heterocycles. The lowest BCUT2D eigenvalue weighted by Crippen LogP contribution is -2.21. The molecule has 80 valence electrons. The van der Waals surface area contributed by atoms with Crippen LogP contribution in [-0.2, 0) is 0 Å². The van der Waals surface area contributed by atoms with Gasteiger partial charge in [0.25, 0.3) is 0 Å². The highest BCUT2D eigenvalue weighted by Gasteiger charge is 2.29. The summed E-state index contributed by atoms with van der Waals surface area (Å²) in [5.41, 5.74) is 0. The average Bonchev–Trinajstić information content (AvgIpc) is 2.16. The van der Waals surface area contributed by atoms with Crippen LogP contribution in [0.2, 0.25) is 0 Å². The topological polar surface area (TPSA) is 60.7 Å². The van der Waals surface area contributed by atoms with Crippen molar-refractivity contribution < 1.29 is 15.3 Å². The minimum atomic E-state index is -1.08. The first-order valence-corrected chi connectivity index (χ1v) is 6.44. The number of aliphatic hydroxyl groups is 3. The van der Waals surface area contributed by atoms with E-state index in [0.717, 1.165) is 0 Å². The third-order valence-corrected chi connectivity index (χ3v) is 5.29. The van der Waals surface area contributed by atoms with Crippen molar-refractivity contribution in [1.82, 2.24) is 0 Å². The van der Waals surface area contributed by atoms with E-state index >= 15 is 0 Å². The molecular formula is C9H21O3P. The Kier molecular flexibility index (Phi) is 6.88. The predicted octanol–water partition coefficient (Wildman–Crippen LogP) is 1.65. The maximum atomic E-state index is 9.63. The summed E-state index contributed by atoms with van der Waals surface area (Å²) in [6.07, 6.45) is 1.79. The Morgan fingerprint density at radius 1 is 0.769 bits per heavy atom. The van der Waals surface area contributed by atoms with Gasteiger partial charge in [-0.3, -0.25) is 0 Å². The quantitative estimate of drug-likeness (QED) is 0.582. The third kappa shape index (κ3) is 3.90. The summed E-state index contributed by atoms with van der Waals surface area (Å²) >= 11 is 0. The Morgan fingerprint density at radius 2 is 1.00 bits per heavy atom. The van der Waals surface area contributed by atoms with E-state index in [1.165, 1.54) is 0 Å². The number of hydrogen-bond donors (Lipinski definition) is 3. The molecule has 0 amide bonds. The molecule has 0 bridgehead atoms. The molecule has 0 fully saturated rings. The molecule has 13 heavy (non-hydrogen) atoms. The molecule has 0 saturated heterocycles. The van der Waals surface area contributed by atoms with E-state index in [1.807, 2.05) is 20.8 Å². The predicted molar refractivity (Wildman–Crippen MR) is 55.8 cm³/mol. The van der Waals surface area contributed by atoms with Crippen LogP contribution in [0.3, 0.4) is 0 Å². The second-order valence-electron chi connectivity index (χ2n) is 3.11. The SMILES string of the molecule is CCC(O)P(C(O)CC)C(O)CC. The third-order valence-electron chi connectivity index (χ3n) is 2.13. The monoisotopic (exact) mass is 208 g/mol. The smallest absolute Gasteiger partial charge is 0.0778 e. The molecule has 0 saturated carbocycles. The van der Waals surface area contributed by atoms with Gasteiger partial charge < -0.3 is 15.3 Å². The molecule has 3 N–H and O–H groups in total. The summed E-state index contributed by atoms with van der Waals surface area (Å²) in [4.78, 5) is 0. The molecule has 4 heteroatoms. The number of hydrogen-bond acceptors (Lipinski definition) is 3. The molecule has 0 aromatic carbocycles. The molecule has 3 nitrogen and oxygen atoms in total. The number of aliphatic hydroxyl groups excluding tert-OH is 3. The molecule has 0 aliphatic carbocycles. The minimum Gasteiger partial charge on any atom is -0.388 e. The second-order valence-corrected chi connectivity index (χ2v) is 5.80. The standard InChI is InChI=1S/C9H21O3P/c1-4-7(10)13(8(11)5-2)9(12)6-3/h7-12H,4-6H2,1-3H3. The van der Waals surface area contributed by atoms with Gasteiger partial charge in [0, 0.05) is 0 Å². The fraction of sp³-hybridized carbons (Fsp3) is 1.00. The molecular weight excluding hydrogens is 187 g/mol. The van der Waals surface area contributed by atoms with Gasteiger partial charge in [0.15, 0.2) is 0 Å². The molecule has 0 rings (SSSR count). The summed E-state index contributed by atoms with van der Waals surface area (Å²) < 4.78 is 0. The maximum Gasteiger partial charge on any atom is 0.0778 e. The van der Waals surface area contributed by atoms with Crippen LogP contribution in [0.5, 0.6) is 0 Å². The highest BCUT2D eigenvalue weighted by molar-refractivity contribution is 7.59. The molecule has 0 aliphatic rings. The lowest BCUT2D eigenvalue weighted by molar-refractivity contribution is 0.188. The lowest BCUT2D eigenvalue weighted by atomic mass is 10.5. The van der Waals surface area contributed by atoms with Crippen LogP contribution in [0.15, 0.2) is 0 Å². The maximum absolute atomic E-state index is 9.63. The summed E-state index contributed by atoms with van der Waals surface area (Å²) in [5, 5.41) is 28.9. The van der Waals surface area contributed by atoms with Crippen LogP contribution in [0.4, 0.5) is 0 Å². The van der Waals surface area contributed by atoms with Crippen molar-refractivity contribution in [2.75, 3.05) is 0 Å². The lowest BCUT2D eigenvalue weighted by Gasteiger charge is -2.30. The Balaban J connectivity index is 4.34. The molecule has 3 unspecified atom stereocenters. The van der Waals surface area contributed by atoms with E-state index in [2.05, 4.69) is 0 Å². The van der Waals surface area contributed by atoms with Gasteiger partial charge in [-0.05, 0) is 27.2 Å². The Labute approximate surface area is 81.5 Å². The van der Waals surface area contributed by atoms with Crippen molar-refractivity contribution in [2.24, 2.45) is 0 Å². The molecule has 0 heterocycles. The van der Waals surface area contributed by atoms with Gasteiger partial charge in [-0.15, -0.1) is 0 Å². The van der Waals surface area contributed by atoms with Crippen LogP contribution >= 0.6 is 7.92 Å². The van der Waals surface area contributed by atoms with Gasteiger partial charge >= 0.3 is 0 Å². The summed E-state index contributed by atoms with van der Waals surface area (Å²) in [6.45, 7) is 5.60. The molecule has 0 aromatic rings. The van der Waals surface area contributed by atoms with Gasteiger partial charge in [0.05, 0.1) is 17.5 Å². The van der Waals surface area contributed by atoms with Gasteiger partial charge in [0.1, 0.15) is 0 Å². The van der Waals surface area contributed by atoms with Crippen molar-refractivity contribution in [1.29, 1.82) is 0 Å². The first kappa shape index (κ1) is 13.3. The van der Waals surface area contributed by atoms with Crippen molar-refractivity contribution in [2.45, 2.75) is 57.6 Å². The van der Waals surface area contributed by atoms with E-state index in [9.17, 15) is 15.3 Å². The fourth-order valence-electron chi connectivity index (χ4n) is 1.23. The van der Waals surface area contributed by atoms with Crippen LogP contribution in [-0.4, -0.2) is 32.9 Å². The molecule has 0 radical (unpaired) electrons. The van der Waals surface area contributed by atoms with Crippen molar-refractivity contribution >= 4 is 7.92 Å². The zero-order chi connectivity index (χ0) is 10.4. The van der Waals surface area contributed by atoms with E-state index in [0.29, 0.717) is 19.3 Å². The van der Waals surface area contributed by atoms with E-state index in [4.69, 9.17) is 0 Å². The van der Waals surface area contributed by atoms with Crippen molar-refractivity contribution in [3.8, 4) is 0 Å². The average molecular weight is 208 g/mol. The normalized spacial score (nSPS) is 20.8. The van der Waals surface area contributed by atoms with Crippen molar-refractivity contribution in [3.63, 3.8) is 0 Å². The Bertz CT molecular complexity index is 108.